The van der Waals surface area contributed by atoms with Gasteiger partial charge in [-0.15, -0.1) is 11.3 Å². The van der Waals surface area contributed by atoms with E-state index in [1.165, 1.54) is 13.0 Å². The Hall–Kier alpha value is -0.420. The fourth-order valence-corrected chi connectivity index (χ4v) is 3.25. The summed E-state index contributed by atoms with van der Waals surface area (Å²) in [7, 11) is 0. The number of thiophene rings is 1. The smallest absolute Gasteiger partial charge is 0.150 e. The van der Waals surface area contributed by atoms with E-state index in [1.807, 2.05) is 19.1 Å². The fourth-order valence-electron chi connectivity index (χ4n) is 1.35. The molecule has 0 fully saturated rings. The van der Waals surface area contributed by atoms with Gasteiger partial charge < -0.3 is 0 Å². The molecule has 0 radical (unpaired) electrons. The molecule has 0 saturated carbocycles. The molecule has 1 aromatic carbocycles. The summed E-state index contributed by atoms with van der Waals surface area (Å²) in [5.41, 5.74) is 1.89. The molecule has 1 aromatic heterocycles. The van der Waals surface area contributed by atoms with E-state index in [9.17, 15) is 4.79 Å². The number of halogens is 1. The van der Waals surface area contributed by atoms with Crippen LogP contribution in [0.15, 0.2) is 18.2 Å². The third-order valence-corrected chi connectivity index (χ3v) is 4.10. The summed E-state index contributed by atoms with van der Waals surface area (Å²) in [4.78, 5) is 10.7. The van der Waals surface area contributed by atoms with Gasteiger partial charge in [0.1, 0.15) is 6.29 Å². The first-order chi connectivity index (χ1) is 6.22. The van der Waals surface area contributed by atoms with Gasteiger partial charge in [0.2, 0.25) is 0 Å². The van der Waals surface area contributed by atoms with E-state index in [0.29, 0.717) is 0 Å². The van der Waals surface area contributed by atoms with Crippen molar-refractivity contribution in [3.05, 3.63) is 32.2 Å². The highest BCUT2D eigenvalue weighted by Crippen LogP contribution is 2.30. The lowest BCUT2D eigenvalue weighted by atomic mass is 10.1. The summed E-state index contributed by atoms with van der Waals surface area (Å²) in [5.74, 6) is 0. The lowest BCUT2D eigenvalue weighted by Crippen LogP contribution is -1.84. The largest absolute Gasteiger partial charge is 0.298 e. The maximum absolute atomic E-state index is 10.7. The molecule has 0 amide bonds. The molecule has 0 saturated heterocycles. The van der Waals surface area contributed by atoms with Gasteiger partial charge in [0.15, 0.2) is 0 Å². The highest BCUT2D eigenvalue weighted by atomic mass is 127. The van der Waals surface area contributed by atoms with Crippen LogP contribution in [0.25, 0.3) is 10.1 Å². The second-order valence-corrected chi connectivity index (χ2v) is 5.81. The lowest BCUT2D eigenvalue weighted by molar-refractivity contribution is 0.112. The summed E-state index contributed by atoms with van der Waals surface area (Å²) in [6.45, 7) is 2.00. The Kier molecular flexibility index (Phi) is 2.38. The maximum Gasteiger partial charge on any atom is 0.150 e. The topological polar surface area (TPSA) is 17.1 Å². The maximum atomic E-state index is 10.7. The Morgan fingerprint density at radius 1 is 1.46 bits per heavy atom. The van der Waals surface area contributed by atoms with Gasteiger partial charge in [0, 0.05) is 10.3 Å². The minimum Gasteiger partial charge on any atom is -0.298 e. The molecule has 0 aliphatic rings. The van der Waals surface area contributed by atoms with Crippen LogP contribution in [0.1, 0.15) is 15.9 Å². The lowest BCUT2D eigenvalue weighted by Gasteiger charge is -1.98. The van der Waals surface area contributed by atoms with E-state index in [4.69, 9.17) is 0 Å². The van der Waals surface area contributed by atoms with Gasteiger partial charge in [-0.2, -0.15) is 0 Å². The first-order valence-electron chi connectivity index (χ1n) is 3.86. The summed E-state index contributed by atoms with van der Waals surface area (Å²) >= 11 is 4.04. The number of aryl methyl sites for hydroxylation is 1. The molecule has 3 heteroatoms. The Morgan fingerprint density at radius 2 is 2.23 bits per heavy atom. The Balaban J connectivity index is 2.85. The van der Waals surface area contributed by atoms with Gasteiger partial charge >= 0.3 is 0 Å². The summed E-state index contributed by atoms with van der Waals surface area (Å²) < 4.78 is 2.49. The first kappa shape index (κ1) is 9.15. The van der Waals surface area contributed by atoms with Crippen LogP contribution in [0.3, 0.4) is 0 Å². The highest BCUT2D eigenvalue weighted by molar-refractivity contribution is 14.1. The number of aldehydes is 1. The number of hydrogen-bond donors (Lipinski definition) is 0. The van der Waals surface area contributed by atoms with E-state index in [-0.39, 0.29) is 0 Å². The average molecular weight is 302 g/mol. The molecule has 0 unspecified atom stereocenters. The van der Waals surface area contributed by atoms with Gasteiger partial charge in [-0.1, -0.05) is 12.1 Å². The molecule has 1 nitrogen and oxygen atoms in total. The number of hydrogen-bond acceptors (Lipinski definition) is 2. The summed E-state index contributed by atoms with van der Waals surface area (Å²) in [6, 6.07) is 6.03. The van der Waals surface area contributed by atoms with Crippen LogP contribution in [0, 0.1) is 9.81 Å². The Bertz CT molecular complexity index is 473. The van der Waals surface area contributed by atoms with Crippen molar-refractivity contribution in [3.63, 3.8) is 0 Å². The van der Waals surface area contributed by atoms with Gasteiger partial charge in [0.05, 0.1) is 2.88 Å². The zero-order chi connectivity index (χ0) is 9.42. The summed E-state index contributed by atoms with van der Waals surface area (Å²) in [6.07, 6.45) is 0.918. The monoisotopic (exact) mass is 302 g/mol. The van der Waals surface area contributed by atoms with Crippen molar-refractivity contribution < 1.29 is 4.79 Å². The highest BCUT2D eigenvalue weighted by Gasteiger charge is 2.05. The van der Waals surface area contributed by atoms with Crippen LogP contribution >= 0.6 is 33.9 Å². The predicted molar refractivity (Wildman–Crippen MR) is 64.7 cm³/mol. The number of benzene rings is 1. The van der Waals surface area contributed by atoms with E-state index in [0.717, 1.165) is 17.4 Å². The van der Waals surface area contributed by atoms with Gasteiger partial charge in [0.25, 0.3) is 0 Å². The first-order valence-corrected chi connectivity index (χ1v) is 5.75. The van der Waals surface area contributed by atoms with Crippen LogP contribution in [0.4, 0.5) is 0 Å². The standard InChI is InChI=1S/C10H7IOS/c1-6-8(5-12)3-2-7-4-9(11)13-10(6)7/h2-5H,1H3. The molecule has 0 aliphatic heterocycles. The van der Waals surface area contributed by atoms with Crippen LogP contribution < -0.4 is 0 Å². The molecule has 2 aromatic rings. The second-order valence-electron chi connectivity index (χ2n) is 2.87. The minimum atomic E-state index is 0.797. The normalized spacial score (nSPS) is 10.6. The molecule has 0 aliphatic carbocycles. The molecule has 66 valence electrons. The van der Waals surface area contributed by atoms with Crippen molar-refractivity contribution in [1.82, 2.24) is 0 Å². The van der Waals surface area contributed by atoms with Crippen LogP contribution in [0.5, 0.6) is 0 Å². The van der Waals surface area contributed by atoms with Gasteiger partial charge in [-0.3, -0.25) is 4.79 Å². The zero-order valence-corrected chi connectivity index (χ0v) is 9.98. The summed E-state index contributed by atoms with van der Waals surface area (Å²) in [5, 5.41) is 1.23. The Morgan fingerprint density at radius 3 is 2.92 bits per heavy atom. The number of fused-ring (bicyclic) bond motifs is 1. The van der Waals surface area contributed by atoms with Crippen molar-refractivity contribution in [3.8, 4) is 0 Å². The van der Waals surface area contributed by atoms with Crippen molar-refractivity contribution in [2.75, 3.05) is 0 Å². The van der Waals surface area contributed by atoms with E-state index >= 15 is 0 Å². The van der Waals surface area contributed by atoms with Crippen molar-refractivity contribution in [2.24, 2.45) is 0 Å². The molecule has 13 heavy (non-hydrogen) atoms. The molecular formula is C10H7IOS. The fraction of sp³-hybridized carbons (Fsp3) is 0.100. The number of carbonyl (C=O) groups excluding carboxylic acids is 1. The molecular weight excluding hydrogens is 295 g/mol. The van der Waals surface area contributed by atoms with Crippen LogP contribution in [0.2, 0.25) is 0 Å². The molecule has 2 rings (SSSR count). The number of carbonyl (C=O) groups is 1. The third kappa shape index (κ3) is 1.50. The van der Waals surface area contributed by atoms with E-state index in [2.05, 4.69) is 28.7 Å². The van der Waals surface area contributed by atoms with E-state index in [1.54, 1.807) is 11.3 Å². The van der Waals surface area contributed by atoms with Crippen molar-refractivity contribution in [2.45, 2.75) is 6.92 Å². The van der Waals surface area contributed by atoms with Gasteiger partial charge in [-0.25, -0.2) is 0 Å². The SMILES string of the molecule is Cc1c(C=O)ccc2cc(I)sc12. The molecule has 0 N–H and O–H groups in total. The third-order valence-electron chi connectivity index (χ3n) is 2.07. The van der Waals surface area contributed by atoms with Crippen molar-refractivity contribution >= 4 is 50.3 Å². The molecule has 0 spiro atoms. The molecule has 1 heterocycles. The average Bonchev–Trinajstić information content (AvgIpc) is 2.47. The molecule has 0 bridgehead atoms. The van der Waals surface area contributed by atoms with E-state index < -0.39 is 0 Å². The molecule has 0 atom stereocenters. The Labute approximate surface area is 93.9 Å². The van der Waals surface area contributed by atoms with Crippen LogP contribution in [-0.4, -0.2) is 6.29 Å². The number of rotatable bonds is 1. The predicted octanol–water partition coefficient (Wildman–Crippen LogP) is 3.63. The minimum absolute atomic E-state index is 0.797. The zero-order valence-electron chi connectivity index (χ0n) is 7.00. The van der Waals surface area contributed by atoms with Gasteiger partial charge in [-0.05, 0) is 46.5 Å². The quantitative estimate of drug-likeness (QED) is 0.581. The van der Waals surface area contributed by atoms with Crippen molar-refractivity contribution in [1.29, 1.82) is 0 Å². The second kappa shape index (κ2) is 3.38. The van der Waals surface area contributed by atoms with Crippen LogP contribution in [-0.2, 0) is 0 Å².